The molecular weight excluding hydrogens is 274 g/mol. The van der Waals surface area contributed by atoms with E-state index in [0.717, 1.165) is 0 Å². The topological polar surface area (TPSA) is 108 Å². The molecule has 0 radical (unpaired) electrons. The van der Waals surface area contributed by atoms with Crippen molar-refractivity contribution in [2.75, 3.05) is 19.6 Å². The average molecular weight is 301 g/mol. The van der Waals surface area contributed by atoms with Crippen molar-refractivity contribution in [3.05, 3.63) is 0 Å². The highest BCUT2D eigenvalue weighted by Crippen LogP contribution is 2.03. The summed E-state index contributed by atoms with van der Waals surface area (Å²) in [6, 6.07) is -0.338. The zero-order chi connectivity index (χ0) is 16.3. The summed E-state index contributed by atoms with van der Waals surface area (Å²) in [5.74, 6) is -0.913. The SMILES string of the molecule is CC(C)CNC(=O)CCNC(=O)NCCCC(C)C(=O)O. The zero-order valence-electron chi connectivity index (χ0n) is 13.1. The molecule has 7 heteroatoms. The Labute approximate surface area is 125 Å². The zero-order valence-corrected chi connectivity index (χ0v) is 13.1. The van der Waals surface area contributed by atoms with Gasteiger partial charge in [-0.3, -0.25) is 9.59 Å². The molecular formula is C14H27N3O4. The molecule has 0 spiro atoms. The van der Waals surface area contributed by atoms with E-state index < -0.39 is 11.9 Å². The van der Waals surface area contributed by atoms with Crippen molar-refractivity contribution in [3.63, 3.8) is 0 Å². The lowest BCUT2D eigenvalue weighted by molar-refractivity contribution is -0.141. The molecule has 4 N–H and O–H groups in total. The molecule has 0 aliphatic rings. The van der Waals surface area contributed by atoms with Crippen LogP contribution in [0, 0.1) is 11.8 Å². The minimum absolute atomic E-state index is 0.0840. The molecule has 0 bridgehead atoms. The van der Waals surface area contributed by atoms with E-state index in [1.807, 2.05) is 13.8 Å². The third-order valence-electron chi connectivity index (χ3n) is 2.87. The minimum Gasteiger partial charge on any atom is -0.481 e. The van der Waals surface area contributed by atoms with Gasteiger partial charge in [-0.2, -0.15) is 0 Å². The lowest BCUT2D eigenvalue weighted by atomic mass is 10.1. The van der Waals surface area contributed by atoms with Gasteiger partial charge in [0.05, 0.1) is 5.92 Å². The fourth-order valence-electron chi connectivity index (χ4n) is 1.49. The fourth-order valence-corrected chi connectivity index (χ4v) is 1.49. The maximum absolute atomic E-state index is 11.4. The van der Waals surface area contributed by atoms with Gasteiger partial charge < -0.3 is 21.1 Å². The first-order valence-electron chi connectivity index (χ1n) is 7.34. The van der Waals surface area contributed by atoms with Crippen molar-refractivity contribution in [2.24, 2.45) is 11.8 Å². The van der Waals surface area contributed by atoms with E-state index >= 15 is 0 Å². The van der Waals surface area contributed by atoms with Crippen LogP contribution in [-0.2, 0) is 9.59 Å². The first-order chi connectivity index (χ1) is 9.82. The van der Waals surface area contributed by atoms with Crippen LogP contribution in [0.3, 0.4) is 0 Å². The Kier molecular flexibility index (Phi) is 10.0. The van der Waals surface area contributed by atoms with Gasteiger partial charge in [0.25, 0.3) is 0 Å². The number of amides is 3. The van der Waals surface area contributed by atoms with Crippen LogP contribution < -0.4 is 16.0 Å². The highest BCUT2D eigenvalue weighted by molar-refractivity contribution is 5.78. The number of hydrogen-bond donors (Lipinski definition) is 4. The van der Waals surface area contributed by atoms with Crippen LogP contribution in [-0.4, -0.2) is 42.6 Å². The number of hydrogen-bond acceptors (Lipinski definition) is 3. The van der Waals surface area contributed by atoms with E-state index in [9.17, 15) is 14.4 Å². The number of carbonyl (C=O) groups excluding carboxylic acids is 2. The van der Waals surface area contributed by atoms with Crippen molar-refractivity contribution in [2.45, 2.75) is 40.0 Å². The van der Waals surface area contributed by atoms with Gasteiger partial charge in [0.2, 0.25) is 5.91 Å². The maximum Gasteiger partial charge on any atom is 0.314 e. The Hall–Kier alpha value is -1.79. The molecule has 122 valence electrons. The van der Waals surface area contributed by atoms with Crippen molar-refractivity contribution in [1.82, 2.24) is 16.0 Å². The quantitative estimate of drug-likeness (QED) is 0.450. The summed E-state index contributed by atoms with van der Waals surface area (Å²) < 4.78 is 0. The number of nitrogens with one attached hydrogen (secondary N) is 3. The third-order valence-corrected chi connectivity index (χ3v) is 2.87. The van der Waals surface area contributed by atoms with Gasteiger partial charge in [0.15, 0.2) is 0 Å². The lowest BCUT2D eigenvalue weighted by Crippen LogP contribution is -2.38. The molecule has 0 aromatic rings. The van der Waals surface area contributed by atoms with Gasteiger partial charge >= 0.3 is 12.0 Å². The number of carboxylic acid groups (broad SMARTS) is 1. The van der Waals surface area contributed by atoms with Crippen LogP contribution in [0.15, 0.2) is 0 Å². The fraction of sp³-hybridized carbons (Fsp3) is 0.786. The number of urea groups is 1. The predicted octanol–water partition coefficient (Wildman–Crippen LogP) is 0.949. The lowest BCUT2D eigenvalue weighted by Gasteiger charge is -2.10. The molecule has 21 heavy (non-hydrogen) atoms. The number of carboxylic acids is 1. The summed E-state index contributed by atoms with van der Waals surface area (Å²) >= 11 is 0. The molecule has 0 heterocycles. The Morgan fingerprint density at radius 2 is 1.62 bits per heavy atom. The van der Waals surface area contributed by atoms with E-state index in [2.05, 4.69) is 16.0 Å². The summed E-state index contributed by atoms with van der Waals surface area (Å²) in [5, 5.41) is 16.7. The Balaban J connectivity index is 3.54. The van der Waals surface area contributed by atoms with Crippen LogP contribution in [0.25, 0.3) is 0 Å². The first-order valence-corrected chi connectivity index (χ1v) is 7.34. The second-order valence-electron chi connectivity index (χ2n) is 5.51. The van der Waals surface area contributed by atoms with Crippen molar-refractivity contribution >= 4 is 17.9 Å². The second-order valence-corrected chi connectivity index (χ2v) is 5.51. The molecule has 0 aliphatic carbocycles. The summed E-state index contributed by atoms with van der Waals surface area (Å²) in [6.45, 7) is 6.99. The van der Waals surface area contributed by atoms with Gasteiger partial charge in [0, 0.05) is 26.1 Å². The standard InChI is InChI=1S/C14H27N3O4/c1-10(2)9-17-12(18)6-8-16-14(21)15-7-4-5-11(3)13(19)20/h10-11H,4-9H2,1-3H3,(H,17,18)(H,19,20)(H2,15,16,21). The Morgan fingerprint density at radius 3 is 2.19 bits per heavy atom. The number of rotatable bonds is 10. The number of carbonyl (C=O) groups is 3. The van der Waals surface area contributed by atoms with Gasteiger partial charge in [-0.05, 0) is 18.8 Å². The Bertz CT molecular complexity index is 345. The van der Waals surface area contributed by atoms with E-state index in [0.29, 0.717) is 31.8 Å². The van der Waals surface area contributed by atoms with Gasteiger partial charge in [-0.25, -0.2) is 4.79 Å². The molecule has 0 rings (SSSR count). The van der Waals surface area contributed by atoms with Gasteiger partial charge in [-0.1, -0.05) is 20.8 Å². The minimum atomic E-state index is -0.827. The maximum atomic E-state index is 11.4. The normalized spacial score (nSPS) is 11.8. The average Bonchev–Trinajstić information content (AvgIpc) is 2.40. The van der Waals surface area contributed by atoms with Crippen molar-refractivity contribution < 1.29 is 19.5 Å². The predicted molar refractivity (Wildman–Crippen MR) is 79.9 cm³/mol. The van der Waals surface area contributed by atoms with Crippen LogP contribution in [0.4, 0.5) is 4.79 Å². The number of aliphatic carboxylic acids is 1. The van der Waals surface area contributed by atoms with Crippen LogP contribution in [0.5, 0.6) is 0 Å². The van der Waals surface area contributed by atoms with E-state index in [4.69, 9.17) is 5.11 Å². The Morgan fingerprint density at radius 1 is 1.00 bits per heavy atom. The molecule has 0 aromatic carbocycles. The smallest absolute Gasteiger partial charge is 0.314 e. The molecule has 0 saturated carbocycles. The van der Waals surface area contributed by atoms with Crippen LogP contribution >= 0.6 is 0 Å². The molecule has 0 aromatic heterocycles. The highest BCUT2D eigenvalue weighted by Gasteiger charge is 2.10. The van der Waals surface area contributed by atoms with Gasteiger partial charge in [0.1, 0.15) is 0 Å². The van der Waals surface area contributed by atoms with E-state index in [1.165, 1.54) is 0 Å². The summed E-state index contributed by atoms with van der Waals surface area (Å²) in [7, 11) is 0. The molecule has 0 aliphatic heterocycles. The van der Waals surface area contributed by atoms with Crippen molar-refractivity contribution in [3.8, 4) is 0 Å². The van der Waals surface area contributed by atoms with E-state index in [1.54, 1.807) is 6.92 Å². The molecule has 7 nitrogen and oxygen atoms in total. The third kappa shape index (κ3) is 11.7. The highest BCUT2D eigenvalue weighted by atomic mass is 16.4. The van der Waals surface area contributed by atoms with E-state index in [-0.39, 0.29) is 24.9 Å². The summed E-state index contributed by atoms with van der Waals surface area (Å²) in [5.41, 5.74) is 0. The molecule has 1 unspecified atom stereocenters. The molecule has 1 atom stereocenters. The van der Waals surface area contributed by atoms with Crippen LogP contribution in [0.2, 0.25) is 0 Å². The van der Waals surface area contributed by atoms with Crippen molar-refractivity contribution in [1.29, 1.82) is 0 Å². The van der Waals surface area contributed by atoms with Gasteiger partial charge in [-0.15, -0.1) is 0 Å². The monoisotopic (exact) mass is 301 g/mol. The summed E-state index contributed by atoms with van der Waals surface area (Å²) in [6.07, 6.45) is 1.37. The molecule has 0 saturated heterocycles. The first kappa shape index (κ1) is 19.2. The van der Waals surface area contributed by atoms with Crippen LogP contribution in [0.1, 0.15) is 40.0 Å². The largest absolute Gasteiger partial charge is 0.481 e. The molecule has 3 amide bonds. The summed E-state index contributed by atoms with van der Waals surface area (Å²) in [4.78, 5) is 33.4. The second kappa shape index (κ2) is 10.9. The molecule has 0 fully saturated rings.